The maximum atomic E-state index is 12.2. The van der Waals surface area contributed by atoms with Crippen molar-refractivity contribution in [3.05, 3.63) is 53.6 Å². The zero-order valence-corrected chi connectivity index (χ0v) is 12.6. The zero-order valence-electron chi connectivity index (χ0n) is 12.6. The minimum atomic E-state index is -0.155. The first-order valence-electron chi connectivity index (χ1n) is 7.16. The van der Waals surface area contributed by atoms with Gasteiger partial charge in [-0.3, -0.25) is 4.79 Å². The fourth-order valence-electron chi connectivity index (χ4n) is 2.28. The summed E-state index contributed by atoms with van der Waals surface area (Å²) in [5.41, 5.74) is 1.22. The zero-order chi connectivity index (χ0) is 16.2. The molecule has 1 aliphatic heterocycles. The molecule has 0 atom stereocenters. The van der Waals surface area contributed by atoms with Gasteiger partial charge in [0.1, 0.15) is 13.2 Å². The van der Waals surface area contributed by atoms with Gasteiger partial charge in [-0.2, -0.15) is 0 Å². The molecule has 0 aromatic heterocycles. The Kier molecular flexibility index (Phi) is 4.19. The maximum Gasteiger partial charge on any atom is 0.185 e. The van der Waals surface area contributed by atoms with Crippen LogP contribution in [0, 0.1) is 0 Å². The van der Waals surface area contributed by atoms with E-state index in [1.54, 1.807) is 36.4 Å². The molecule has 1 aliphatic rings. The van der Waals surface area contributed by atoms with Crippen molar-refractivity contribution < 1.29 is 24.1 Å². The van der Waals surface area contributed by atoms with Crippen LogP contribution in [0.4, 0.5) is 0 Å². The maximum absolute atomic E-state index is 12.2. The molecule has 5 nitrogen and oxygen atoms in total. The Balaban J connectivity index is 1.77. The monoisotopic (exact) mass is 312 g/mol. The molecule has 3 rings (SSSR count). The van der Waals surface area contributed by atoms with Gasteiger partial charge < -0.3 is 19.3 Å². The smallest absolute Gasteiger partial charge is 0.185 e. The average molecular weight is 312 g/mol. The molecule has 0 fully saturated rings. The van der Waals surface area contributed by atoms with Gasteiger partial charge >= 0.3 is 0 Å². The van der Waals surface area contributed by atoms with E-state index >= 15 is 0 Å². The van der Waals surface area contributed by atoms with Crippen molar-refractivity contribution in [2.45, 2.75) is 0 Å². The van der Waals surface area contributed by atoms with Crippen molar-refractivity contribution in [1.82, 2.24) is 0 Å². The highest BCUT2D eigenvalue weighted by molar-refractivity contribution is 6.07. The number of carbonyl (C=O) groups excluding carboxylic acids is 1. The molecule has 1 N–H and O–H groups in total. The Morgan fingerprint density at radius 2 is 1.91 bits per heavy atom. The van der Waals surface area contributed by atoms with E-state index in [0.29, 0.717) is 41.6 Å². The van der Waals surface area contributed by atoms with Crippen LogP contribution in [0.3, 0.4) is 0 Å². The first kappa shape index (κ1) is 15.0. The van der Waals surface area contributed by atoms with Crippen LogP contribution in [0.15, 0.2) is 42.5 Å². The molecule has 0 saturated carbocycles. The molecule has 0 amide bonds. The summed E-state index contributed by atoms with van der Waals surface area (Å²) in [6.45, 7) is 0.993. The standard InChI is InChI=1S/C18H16O5/c1-21-16-6-3-12(10-15(16)20)2-5-14(19)13-4-7-17-18(11-13)23-9-8-22-17/h2-7,10-11,20H,8-9H2,1H3/b5-2+. The SMILES string of the molecule is COc1ccc(/C=C/C(=O)c2ccc3c(c2)OCCO3)cc1O. The number of carbonyl (C=O) groups is 1. The number of phenolic OH excluding ortho intramolecular Hbond substituents is 1. The molecule has 0 aliphatic carbocycles. The number of benzene rings is 2. The van der Waals surface area contributed by atoms with Crippen molar-refractivity contribution in [1.29, 1.82) is 0 Å². The van der Waals surface area contributed by atoms with Gasteiger partial charge in [0.2, 0.25) is 0 Å². The van der Waals surface area contributed by atoms with Crippen LogP contribution in [0.2, 0.25) is 0 Å². The summed E-state index contributed by atoms with van der Waals surface area (Å²) in [5, 5.41) is 9.73. The Morgan fingerprint density at radius 3 is 2.65 bits per heavy atom. The third-order valence-corrected chi connectivity index (χ3v) is 3.46. The minimum Gasteiger partial charge on any atom is -0.504 e. The molecular formula is C18H16O5. The lowest BCUT2D eigenvalue weighted by atomic mass is 10.1. The molecule has 0 bridgehead atoms. The third kappa shape index (κ3) is 3.29. The molecule has 2 aromatic rings. The van der Waals surface area contributed by atoms with E-state index in [-0.39, 0.29) is 11.5 Å². The van der Waals surface area contributed by atoms with Gasteiger partial charge in [-0.1, -0.05) is 12.1 Å². The van der Waals surface area contributed by atoms with E-state index in [4.69, 9.17) is 14.2 Å². The second kappa shape index (κ2) is 6.44. The van der Waals surface area contributed by atoms with E-state index in [2.05, 4.69) is 0 Å². The minimum absolute atomic E-state index is 0.0291. The van der Waals surface area contributed by atoms with Gasteiger partial charge in [0.05, 0.1) is 7.11 Å². The number of ether oxygens (including phenoxy) is 3. The molecule has 2 aromatic carbocycles. The second-order valence-corrected chi connectivity index (χ2v) is 4.99. The summed E-state index contributed by atoms with van der Waals surface area (Å²) in [7, 11) is 1.48. The normalized spacial score (nSPS) is 13.1. The molecular weight excluding hydrogens is 296 g/mol. The quantitative estimate of drug-likeness (QED) is 0.694. The molecule has 0 spiro atoms. The van der Waals surface area contributed by atoms with E-state index in [1.165, 1.54) is 19.3 Å². The molecule has 0 saturated heterocycles. The molecule has 5 heteroatoms. The highest BCUT2D eigenvalue weighted by atomic mass is 16.6. The second-order valence-electron chi connectivity index (χ2n) is 4.99. The van der Waals surface area contributed by atoms with Gasteiger partial charge in [0, 0.05) is 5.56 Å². The number of phenols is 1. The summed E-state index contributed by atoms with van der Waals surface area (Å²) in [4.78, 5) is 12.2. The Bertz CT molecular complexity index is 764. The molecule has 118 valence electrons. The van der Waals surface area contributed by atoms with E-state index in [9.17, 15) is 9.90 Å². The van der Waals surface area contributed by atoms with Crippen LogP contribution in [-0.4, -0.2) is 31.2 Å². The Hall–Kier alpha value is -2.95. The number of hydrogen-bond acceptors (Lipinski definition) is 5. The van der Waals surface area contributed by atoms with Gasteiger partial charge in [0.15, 0.2) is 28.8 Å². The van der Waals surface area contributed by atoms with E-state index < -0.39 is 0 Å². The molecule has 1 heterocycles. The van der Waals surface area contributed by atoms with Crippen LogP contribution in [-0.2, 0) is 0 Å². The fourth-order valence-corrected chi connectivity index (χ4v) is 2.28. The summed E-state index contributed by atoms with van der Waals surface area (Å²) in [5.74, 6) is 1.49. The van der Waals surface area contributed by atoms with Crippen molar-refractivity contribution in [3.8, 4) is 23.0 Å². The topological polar surface area (TPSA) is 65.0 Å². The van der Waals surface area contributed by atoms with Gasteiger partial charge in [-0.15, -0.1) is 0 Å². The van der Waals surface area contributed by atoms with Crippen molar-refractivity contribution in [3.63, 3.8) is 0 Å². The number of ketones is 1. The number of rotatable bonds is 4. The predicted octanol–water partition coefficient (Wildman–Crippen LogP) is 3.07. The summed E-state index contributed by atoms with van der Waals surface area (Å²) in [6, 6.07) is 10.0. The van der Waals surface area contributed by atoms with Gasteiger partial charge in [-0.05, 0) is 42.0 Å². The first-order valence-corrected chi connectivity index (χ1v) is 7.16. The van der Waals surface area contributed by atoms with Gasteiger partial charge in [0.25, 0.3) is 0 Å². The predicted molar refractivity (Wildman–Crippen MR) is 85.5 cm³/mol. The Labute approximate surface area is 133 Å². The average Bonchev–Trinajstić information content (AvgIpc) is 2.59. The van der Waals surface area contributed by atoms with Crippen LogP contribution >= 0.6 is 0 Å². The number of hydrogen-bond donors (Lipinski definition) is 1. The summed E-state index contributed by atoms with van der Waals surface area (Å²) in [6.07, 6.45) is 3.09. The number of methoxy groups -OCH3 is 1. The first-order chi connectivity index (χ1) is 11.2. The highest BCUT2D eigenvalue weighted by Crippen LogP contribution is 2.31. The summed E-state index contributed by atoms with van der Waals surface area (Å²) >= 11 is 0. The van der Waals surface area contributed by atoms with E-state index in [0.717, 1.165) is 0 Å². The molecule has 23 heavy (non-hydrogen) atoms. The van der Waals surface area contributed by atoms with Crippen molar-refractivity contribution in [2.75, 3.05) is 20.3 Å². The molecule has 0 unspecified atom stereocenters. The van der Waals surface area contributed by atoms with Crippen LogP contribution in [0.1, 0.15) is 15.9 Å². The number of allylic oxidation sites excluding steroid dienone is 1. The number of fused-ring (bicyclic) bond motifs is 1. The Morgan fingerprint density at radius 1 is 1.13 bits per heavy atom. The van der Waals surface area contributed by atoms with Crippen LogP contribution in [0.5, 0.6) is 23.0 Å². The van der Waals surface area contributed by atoms with Crippen molar-refractivity contribution in [2.24, 2.45) is 0 Å². The van der Waals surface area contributed by atoms with Gasteiger partial charge in [-0.25, -0.2) is 0 Å². The highest BCUT2D eigenvalue weighted by Gasteiger charge is 2.13. The number of aromatic hydroxyl groups is 1. The van der Waals surface area contributed by atoms with Crippen molar-refractivity contribution >= 4 is 11.9 Å². The third-order valence-electron chi connectivity index (χ3n) is 3.46. The largest absolute Gasteiger partial charge is 0.504 e. The lowest BCUT2D eigenvalue weighted by molar-refractivity contribution is 0.104. The van der Waals surface area contributed by atoms with Crippen LogP contribution in [0.25, 0.3) is 6.08 Å². The van der Waals surface area contributed by atoms with Crippen LogP contribution < -0.4 is 14.2 Å². The van der Waals surface area contributed by atoms with E-state index in [1.807, 2.05) is 0 Å². The molecule has 0 radical (unpaired) electrons. The summed E-state index contributed by atoms with van der Waals surface area (Å²) < 4.78 is 15.9. The fraction of sp³-hybridized carbons (Fsp3) is 0.167. The lowest BCUT2D eigenvalue weighted by Crippen LogP contribution is -2.15. The lowest BCUT2D eigenvalue weighted by Gasteiger charge is -2.18.